The van der Waals surface area contributed by atoms with Crippen molar-refractivity contribution < 1.29 is 4.74 Å². The van der Waals surface area contributed by atoms with Crippen molar-refractivity contribution in [3.8, 4) is 5.75 Å². The highest BCUT2D eigenvalue weighted by Crippen LogP contribution is 2.26. The fraction of sp³-hybridized carbons (Fsp3) is 0.250. The van der Waals surface area contributed by atoms with Crippen LogP contribution in [0.2, 0.25) is 0 Å². The Balaban J connectivity index is 2.12. The van der Waals surface area contributed by atoms with Gasteiger partial charge in [-0.1, -0.05) is 43.3 Å². The molecule has 0 radical (unpaired) electrons. The molecular formula is C16H19NO. The molecule has 0 bridgehead atoms. The number of hydrogen-bond donors (Lipinski definition) is 1. The van der Waals surface area contributed by atoms with Crippen LogP contribution in [0.5, 0.6) is 5.75 Å². The van der Waals surface area contributed by atoms with Gasteiger partial charge in [0.15, 0.2) is 0 Å². The highest BCUT2D eigenvalue weighted by atomic mass is 16.5. The van der Waals surface area contributed by atoms with Crippen molar-refractivity contribution in [2.45, 2.75) is 19.3 Å². The van der Waals surface area contributed by atoms with Crippen molar-refractivity contribution >= 4 is 5.69 Å². The predicted octanol–water partition coefficient (Wildman–Crippen LogP) is 3.62. The molecule has 0 heterocycles. The van der Waals surface area contributed by atoms with Crippen LogP contribution in [0.15, 0.2) is 48.5 Å². The first-order valence-corrected chi connectivity index (χ1v) is 6.18. The Hall–Kier alpha value is -1.96. The van der Waals surface area contributed by atoms with Crippen LogP contribution in [0, 0.1) is 0 Å². The largest absolute Gasteiger partial charge is 0.495 e. The minimum atomic E-state index is 0.485. The standard InChI is InChI=1S/C16H19NO/c1-12(14-6-4-3-5-7-14)10-13-8-9-16(18-2)15(17)11-13/h3-9,11-12H,10,17H2,1-2H3. The van der Waals surface area contributed by atoms with E-state index in [-0.39, 0.29) is 0 Å². The molecule has 2 heteroatoms. The molecule has 0 saturated heterocycles. The average Bonchev–Trinajstić information content (AvgIpc) is 2.40. The first-order chi connectivity index (χ1) is 8.70. The Kier molecular flexibility index (Phi) is 3.88. The van der Waals surface area contributed by atoms with Gasteiger partial charge >= 0.3 is 0 Å². The first kappa shape index (κ1) is 12.5. The molecule has 2 aromatic rings. The van der Waals surface area contributed by atoms with Crippen molar-refractivity contribution in [1.82, 2.24) is 0 Å². The number of anilines is 1. The average molecular weight is 241 g/mol. The highest BCUT2D eigenvalue weighted by molar-refractivity contribution is 5.54. The van der Waals surface area contributed by atoms with Gasteiger partial charge in [0, 0.05) is 0 Å². The second kappa shape index (κ2) is 5.58. The quantitative estimate of drug-likeness (QED) is 0.830. The second-order valence-electron chi connectivity index (χ2n) is 4.59. The Bertz CT molecular complexity index is 508. The monoisotopic (exact) mass is 241 g/mol. The SMILES string of the molecule is COc1ccc(CC(C)c2ccccc2)cc1N. The van der Waals surface area contributed by atoms with E-state index in [9.17, 15) is 0 Å². The van der Waals surface area contributed by atoms with Gasteiger partial charge in [-0.25, -0.2) is 0 Å². The lowest BCUT2D eigenvalue weighted by Crippen LogP contribution is -2.00. The van der Waals surface area contributed by atoms with Crippen molar-refractivity contribution in [1.29, 1.82) is 0 Å². The summed E-state index contributed by atoms with van der Waals surface area (Å²) in [6.07, 6.45) is 0.984. The van der Waals surface area contributed by atoms with Gasteiger partial charge in [0.25, 0.3) is 0 Å². The molecule has 0 aromatic heterocycles. The number of hydrogen-bond acceptors (Lipinski definition) is 2. The summed E-state index contributed by atoms with van der Waals surface area (Å²) in [5.41, 5.74) is 9.22. The van der Waals surface area contributed by atoms with Crippen LogP contribution in [-0.4, -0.2) is 7.11 Å². The van der Waals surface area contributed by atoms with Crippen LogP contribution in [-0.2, 0) is 6.42 Å². The number of nitrogen functional groups attached to an aromatic ring is 1. The number of methoxy groups -OCH3 is 1. The van der Waals surface area contributed by atoms with Gasteiger partial charge in [0.05, 0.1) is 12.8 Å². The van der Waals surface area contributed by atoms with Crippen LogP contribution in [0.25, 0.3) is 0 Å². The van der Waals surface area contributed by atoms with Gasteiger partial charge in [0.2, 0.25) is 0 Å². The summed E-state index contributed by atoms with van der Waals surface area (Å²) in [5, 5.41) is 0. The van der Waals surface area contributed by atoms with Gasteiger partial charge < -0.3 is 10.5 Å². The predicted molar refractivity (Wildman–Crippen MR) is 76.0 cm³/mol. The molecule has 1 unspecified atom stereocenters. The Morgan fingerprint density at radius 2 is 1.83 bits per heavy atom. The Morgan fingerprint density at radius 1 is 1.11 bits per heavy atom. The van der Waals surface area contributed by atoms with Crippen LogP contribution in [0.4, 0.5) is 5.69 Å². The molecule has 0 spiro atoms. The molecule has 0 fully saturated rings. The number of nitrogens with two attached hydrogens (primary N) is 1. The zero-order valence-electron chi connectivity index (χ0n) is 10.9. The van der Waals surface area contributed by atoms with E-state index < -0.39 is 0 Å². The highest BCUT2D eigenvalue weighted by Gasteiger charge is 2.07. The van der Waals surface area contributed by atoms with Crippen molar-refractivity contribution in [3.05, 3.63) is 59.7 Å². The van der Waals surface area contributed by atoms with Gasteiger partial charge in [-0.3, -0.25) is 0 Å². The lowest BCUT2D eigenvalue weighted by Gasteiger charge is -2.13. The van der Waals surface area contributed by atoms with Gasteiger partial charge in [-0.05, 0) is 35.6 Å². The van der Waals surface area contributed by atoms with Crippen molar-refractivity contribution in [3.63, 3.8) is 0 Å². The Labute approximate surface area is 108 Å². The number of rotatable bonds is 4. The second-order valence-corrected chi connectivity index (χ2v) is 4.59. The molecular weight excluding hydrogens is 222 g/mol. The van der Waals surface area contributed by atoms with Crippen LogP contribution in [0.3, 0.4) is 0 Å². The number of benzene rings is 2. The fourth-order valence-electron chi connectivity index (χ4n) is 2.16. The molecule has 0 aliphatic heterocycles. The lowest BCUT2D eigenvalue weighted by molar-refractivity contribution is 0.417. The van der Waals surface area contributed by atoms with E-state index >= 15 is 0 Å². The molecule has 2 aromatic carbocycles. The summed E-state index contributed by atoms with van der Waals surface area (Å²) in [6, 6.07) is 16.5. The molecule has 2 nitrogen and oxygen atoms in total. The smallest absolute Gasteiger partial charge is 0.141 e. The third-order valence-corrected chi connectivity index (χ3v) is 3.20. The third-order valence-electron chi connectivity index (χ3n) is 3.20. The summed E-state index contributed by atoms with van der Waals surface area (Å²) in [4.78, 5) is 0. The zero-order chi connectivity index (χ0) is 13.0. The van der Waals surface area contributed by atoms with E-state index in [0.717, 1.165) is 12.2 Å². The van der Waals surface area contributed by atoms with Crippen molar-refractivity contribution in [2.75, 3.05) is 12.8 Å². The summed E-state index contributed by atoms with van der Waals surface area (Å²) in [7, 11) is 1.64. The Morgan fingerprint density at radius 3 is 2.44 bits per heavy atom. The number of ether oxygens (including phenoxy) is 1. The first-order valence-electron chi connectivity index (χ1n) is 6.18. The topological polar surface area (TPSA) is 35.2 Å². The summed E-state index contributed by atoms with van der Waals surface area (Å²) in [5.74, 6) is 1.23. The van der Waals surface area contributed by atoms with E-state index in [4.69, 9.17) is 10.5 Å². The lowest BCUT2D eigenvalue weighted by atomic mass is 9.93. The van der Waals surface area contributed by atoms with Crippen LogP contribution >= 0.6 is 0 Å². The molecule has 2 rings (SSSR count). The minimum absolute atomic E-state index is 0.485. The molecule has 0 aliphatic rings. The normalized spacial score (nSPS) is 12.1. The van der Waals surface area contributed by atoms with Gasteiger partial charge in [0.1, 0.15) is 5.75 Å². The van der Waals surface area contributed by atoms with E-state index in [1.165, 1.54) is 11.1 Å². The molecule has 0 amide bonds. The van der Waals surface area contributed by atoms with Crippen LogP contribution < -0.4 is 10.5 Å². The molecule has 94 valence electrons. The van der Waals surface area contributed by atoms with E-state index in [2.05, 4.69) is 37.3 Å². The summed E-state index contributed by atoms with van der Waals surface area (Å²) >= 11 is 0. The van der Waals surface area contributed by atoms with E-state index in [1.807, 2.05) is 18.2 Å². The molecule has 2 N–H and O–H groups in total. The maximum Gasteiger partial charge on any atom is 0.141 e. The van der Waals surface area contributed by atoms with E-state index in [1.54, 1.807) is 7.11 Å². The maximum atomic E-state index is 5.92. The van der Waals surface area contributed by atoms with Gasteiger partial charge in [-0.2, -0.15) is 0 Å². The maximum absolute atomic E-state index is 5.92. The van der Waals surface area contributed by atoms with Crippen molar-refractivity contribution in [2.24, 2.45) is 0 Å². The summed E-state index contributed by atoms with van der Waals surface area (Å²) < 4.78 is 5.16. The fourth-order valence-corrected chi connectivity index (χ4v) is 2.16. The molecule has 18 heavy (non-hydrogen) atoms. The van der Waals surface area contributed by atoms with Crippen LogP contribution in [0.1, 0.15) is 24.0 Å². The van der Waals surface area contributed by atoms with E-state index in [0.29, 0.717) is 11.6 Å². The zero-order valence-corrected chi connectivity index (χ0v) is 10.9. The molecule has 0 saturated carbocycles. The summed E-state index contributed by atoms with van der Waals surface area (Å²) in [6.45, 7) is 2.23. The van der Waals surface area contributed by atoms with Gasteiger partial charge in [-0.15, -0.1) is 0 Å². The molecule has 1 atom stereocenters. The molecule has 0 aliphatic carbocycles. The minimum Gasteiger partial charge on any atom is -0.495 e. The third kappa shape index (κ3) is 2.83.